The predicted molar refractivity (Wildman–Crippen MR) is 74.0 cm³/mol. The van der Waals surface area contributed by atoms with Crippen molar-refractivity contribution >= 4 is 17.6 Å². The van der Waals surface area contributed by atoms with Gasteiger partial charge < -0.3 is 9.63 Å². The summed E-state index contributed by atoms with van der Waals surface area (Å²) < 4.78 is 42.7. The standard InChI is InChI=1S/C14H10ClF3N2O3/c1-7(13(21)22)4-12-19-11(20-23-12)6-8-2-3-9(10(15)5-8)14(16,17)18/h2-3,5H,1,4,6H2,(H,21,22). The fourth-order valence-electron chi connectivity index (χ4n) is 1.77. The number of nitrogens with zero attached hydrogens (tertiary/aromatic N) is 2. The predicted octanol–water partition coefficient (Wildman–Crippen LogP) is 3.52. The molecule has 2 rings (SSSR count). The van der Waals surface area contributed by atoms with E-state index in [1.807, 2.05) is 0 Å². The van der Waals surface area contributed by atoms with Crippen molar-refractivity contribution in [3.05, 3.63) is 58.2 Å². The van der Waals surface area contributed by atoms with Gasteiger partial charge in [0, 0.05) is 12.0 Å². The molecule has 0 aliphatic heterocycles. The Bertz CT molecular complexity index is 756. The van der Waals surface area contributed by atoms with Crippen LogP contribution in [0.15, 0.2) is 34.9 Å². The van der Waals surface area contributed by atoms with Gasteiger partial charge in [-0.25, -0.2) is 4.79 Å². The maximum Gasteiger partial charge on any atom is 0.417 e. The molecule has 0 amide bonds. The molecule has 122 valence electrons. The topological polar surface area (TPSA) is 76.2 Å². The summed E-state index contributed by atoms with van der Waals surface area (Å²) in [7, 11) is 0. The molecular weight excluding hydrogens is 337 g/mol. The van der Waals surface area contributed by atoms with Gasteiger partial charge in [0.1, 0.15) is 0 Å². The minimum absolute atomic E-state index is 0.0606. The van der Waals surface area contributed by atoms with Crippen LogP contribution in [0.1, 0.15) is 22.8 Å². The van der Waals surface area contributed by atoms with E-state index in [1.54, 1.807) is 0 Å². The Balaban J connectivity index is 2.11. The van der Waals surface area contributed by atoms with Crippen molar-refractivity contribution in [2.45, 2.75) is 19.0 Å². The number of carboxylic acids is 1. The lowest BCUT2D eigenvalue weighted by Crippen LogP contribution is -2.06. The Morgan fingerprint density at radius 2 is 2.09 bits per heavy atom. The Kier molecular flexibility index (Phi) is 4.74. The number of hydrogen-bond acceptors (Lipinski definition) is 4. The van der Waals surface area contributed by atoms with Gasteiger partial charge in [-0.3, -0.25) is 0 Å². The summed E-state index contributed by atoms with van der Waals surface area (Å²) in [6.45, 7) is 3.34. The van der Waals surface area contributed by atoms with E-state index in [4.69, 9.17) is 21.2 Å². The number of benzene rings is 1. The van der Waals surface area contributed by atoms with Crippen LogP contribution < -0.4 is 0 Å². The minimum Gasteiger partial charge on any atom is -0.478 e. The number of rotatable bonds is 5. The molecule has 0 aliphatic rings. The molecule has 5 nitrogen and oxygen atoms in total. The second-order valence-corrected chi connectivity index (χ2v) is 5.09. The van der Waals surface area contributed by atoms with Gasteiger partial charge in [0.05, 0.1) is 17.0 Å². The molecule has 1 heterocycles. The highest BCUT2D eigenvalue weighted by Gasteiger charge is 2.33. The van der Waals surface area contributed by atoms with E-state index >= 15 is 0 Å². The van der Waals surface area contributed by atoms with Crippen LogP contribution >= 0.6 is 11.6 Å². The first-order chi connectivity index (χ1) is 10.7. The van der Waals surface area contributed by atoms with Crippen molar-refractivity contribution in [2.75, 3.05) is 0 Å². The number of alkyl halides is 3. The molecule has 0 saturated carbocycles. The van der Waals surface area contributed by atoms with Crippen LogP contribution in [0.3, 0.4) is 0 Å². The lowest BCUT2D eigenvalue weighted by Gasteiger charge is -2.09. The molecule has 0 atom stereocenters. The lowest BCUT2D eigenvalue weighted by molar-refractivity contribution is -0.137. The zero-order valence-corrected chi connectivity index (χ0v) is 12.3. The second-order valence-electron chi connectivity index (χ2n) is 4.68. The molecular formula is C14H10ClF3N2O3. The molecule has 0 radical (unpaired) electrons. The van der Waals surface area contributed by atoms with Crippen LogP contribution in [0.4, 0.5) is 13.2 Å². The Labute approximate surface area is 133 Å². The lowest BCUT2D eigenvalue weighted by atomic mass is 10.1. The highest BCUT2D eigenvalue weighted by molar-refractivity contribution is 6.31. The normalized spacial score (nSPS) is 11.5. The van der Waals surface area contributed by atoms with Crippen molar-refractivity contribution in [1.82, 2.24) is 10.1 Å². The van der Waals surface area contributed by atoms with Gasteiger partial charge in [0.25, 0.3) is 0 Å². The third-order valence-corrected chi connectivity index (χ3v) is 3.19. The van der Waals surface area contributed by atoms with Crippen molar-refractivity contribution in [1.29, 1.82) is 0 Å². The van der Waals surface area contributed by atoms with Gasteiger partial charge in [-0.1, -0.05) is 29.4 Å². The summed E-state index contributed by atoms with van der Waals surface area (Å²) in [5.41, 5.74) is -0.570. The third kappa shape index (κ3) is 4.32. The maximum atomic E-state index is 12.6. The van der Waals surface area contributed by atoms with E-state index in [0.29, 0.717) is 5.56 Å². The Hall–Kier alpha value is -2.35. The minimum atomic E-state index is -4.52. The maximum absolute atomic E-state index is 12.6. The molecule has 0 saturated heterocycles. The number of aliphatic carboxylic acids is 1. The van der Waals surface area contributed by atoms with Crippen molar-refractivity contribution in [3.8, 4) is 0 Å². The molecule has 0 spiro atoms. The van der Waals surface area contributed by atoms with Crippen LogP contribution in [-0.4, -0.2) is 21.2 Å². The first kappa shape index (κ1) is 17.0. The summed E-state index contributed by atoms with van der Waals surface area (Å²) in [6, 6.07) is 3.32. The van der Waals surface area contributed by atoms with Crippen molar-refractivity contribution in [3.63, 3.8) is 0 Å². The van der Waals surface area contributed by atoms with Crippen molar-refractivity contribution < 1.29 is 27.6 Å². The summed E-state index contributed by atoms with van der Waals surface area (Å²) in [6.07, 6.45) is -4.54. The van der Waals surface area contributed by atoms with E-state index in [-0.39, 0.29) is 30.1 Å². The van der Waals surface area contributed by atoms with Crippen LogP contribution in [0.2, 0.25) is 5.02 Å². The Morgan fingerprint density at radius 1 is 1.39 bits per heavy atom. The molecule has 0 bridgehead atoms. The first-order valence-corrected chi connectivity index (χ1v) is 6.62. The quantitative estimate of drug-likeness (QED) is 0.838. The number of aromatic nitrogens is 2. The van der Waals surface area contributed by atoms with Crippen molar-refractivity contribution in [2.24, 2.45) is 0 Å². The summed E-state index contributed by atoms with van der Waals surface area (Å²) >= 11 is 5.63. The monoisotopic (exact) mass is 346 g/mol. The molecule has 0 fully saturated rings. The fourth-order valence-corrected chi connectivity index (χ4v) is 2.08. The molecule has 23 heavy (non-hydrogen) atoms. The van der Waals surface area contributed by atoms with Gasteiger partial charge in [-0.15, -0.1) is 0 Å². The van der Waals surface area contributed by atoms with Gasteiger partial charge in [0.15, 0.2) is 5.82 Å². The van der Waals surface area contributed by atoms with E-state index in [9.17, 15) is 18.0 Å². The first-order valence-electron chi connectivity index (χ1n) is 6.25. The van der Waals surface area contributed by atoms with Crippen LogP contribution in [0.25, 0.3) is 0 Å². The average Bonchev–Trinajstić information content (AvgIpc) is 2.84. The van der Waals surface area contributed by atoms with E-state index in [1.165, 1.54) is 12.1 Å². The van der Waals surface area contributed by atoms with Gasteiger partial charge in [0.2, 0.25) is 5.89 Å². The van der Waals surface area contributed by atoms with E-state index in [2.05, 4.69) is 16.7 Å². The smallest absolute Gasteiger partial charge is 0.417 e. The zero-order chi connectivity index (χ0) is 17.2. The van der Waals surface area contributed by atoms with Crippen LogP contribution in [0.5, 0.6) is 0 Å². The molecule has 0 aliphatic carbocycles. The average molecular weight is 347 g/mol. The summed E-state index contributed by atoms with van der Waals surface area (Å²) in [4.78, 5) is 14.6. The van der Waals surface area contributed by atoms with Crippen LogP contribution in [0, 0.1) is 0 Å². The highest BCUT2D eigenvalue weighted by Crippen LogP contribution is 2.35. The van der Waals surface area contributed by atoms with Gasteiger partial charge in [-0.05, 0) is 17.7 Å². The third-order valence-electron chi connectivity index (χ3n) is 2.88. The molecule has 1 aromatic carbocycles. The summed E-state index contributed by atoms with van der Waals surface area (Å²) in [5, 5.41) is 11.9. The number of carboxylic acid groups (broad SMARTS) is 1. The molecule has 1 aromatic heterocycles. The zero-order valence-electron chi connectivity index (χ0n) is 11.5. The fraction of sp³-hybridized carbons (Fsp3) is 0.214. The van der Waals surface area contributed by atoms with Gasteiger partial charge in [-0.2, -0.15) is 18.2 Å². The molecule has 2 aromatic rings. The van der Waals surface area contributed by atoms with Crippen LogP contribution in [-0.2, 0) is 23.8 Å². The second kappa shape index (κ2) is 6.41. The van der Waals surface area contributed by atoms with E-state index in [0.717, 1.165) is 6.07 Å². The number of carbonyl (C=O) groups is 1. The largest absolute Gasteiger partial charge is 0.478 e. The molecule has 0 unspecified atom stereocenters. The molecule has 1 N–H and O–H groups in total. The Morgan fingerprint density at radius 3 is 2.65 bits per heavy atom. The SMILES string of the molecule is C=C(Cc1nc(Cc2ccc(C(F)(F)F)c(Cl)c2)no1)C(=O)O. The number of halogens is 4. The highest BCUT2D eigenvalue weighted by atomic mass is 35.5. The molecule has 9 heteroatoms. The van der Waals surface area contributed by atoms with E-state index < -0.39 is 22.7 Å². The summed E-state index contributed by atoms with van der Waals surface area (Å²) in [5.74, 6) is -0.918. The van der Waals surface area contributed by atoms with Gasteiger partial charge >= 0.3 is 12.1 Å². The number of hydrogen-bond donors (Lipinski definition) is 1.